The fourth-order valence-electron chi connectivity index (χ4n) is 2.10. The zero-order chi connectivity index (χ0) is 15.4. The number of nitrogens with two attached hydrogens (primary N) is 2. The number of rotatable bonds is 6. The minimum absolute atomic E-state index is 0.260. The molecule has 1 atom stereocenters. The van der Waals surface area contributed by atoms with Crippen LogP contribution < -0.4 is 11.5 Å². The summed E-state index contributed by atoms with van der Waals surface area (Å²) < 4.78 is 37.3. The first-order valence-electron chi connectivity index (χ1n) is 5.88. The van der Waals surface area contributed by atoms with Gasteiger partial charge < -0.3 is 11.5 Å². The molecule has 4 nitrogen and oxygen atoms in total. The number of hydrogen-bond acceptors (Lipinski definition) is 2. The van der Waals surface area contributed by atoms with Crippen LogP contribution in [-0.2, 0) is 15.0 Å². The zero-order valence-electron chi connectivity index (χ0n) is 10.6. The van der Waals surface area contributed by atoms with E-state index >= 15 is 0 Å². The Kier molecular flexibility index (Phi) is 4.75. The van der Waals surface area contributed by atoms with Crippen molar-refractivity contribution in [1.82, 2.24) is 0 Å². The number of carbonyl (C=O) groups is 2. The highest BCUT2D eigenvalue weighted by atomic mass is 19.4. The molecule has 0 aliphatic heterocycles. The summed E-state index contributed by atoms with van der Waals surface area (Å²) in [6, 6.07) is 7.68. The summed E-state index contributed by atoms with van der Waals surface area (Å²) >= 11 is 0. The Morgan fingerprint density at radius 2 is 1.55 bits per heavy atom. The molecule has 20 heavy (non-hydrogen) atoms. The highest BCUT2D eigenvalue weighted by Crippen LogP contribution is 2.36. The standard InChI is InChI=1S/C13H15F3N2O2/c14-13(15,16)7-6-12(11(18)20,8-10(17)19)9-4-2-1-3-5-9/h1-5H,6-8H2,(H2,17,19)(H2,18,20). The SMILES string of the molecule is NC(=O)CC(CCC(F)(F)F)(C(N)=O)c1ccccc1. The summed E-state index contributed by atoms with van der Waals surface area (Å²) in [5, 5.41) is 0. The van der Waals surface area contributed by atoms with Crippen LogP contribution in [0, 0.1) is 0 Å². The third-order valence-corrected chi connectivity index (χ3v) is 3.11. The van der Waals surface area contributed by atoms with E-state index in [-0.39, 0.29) is 5.56 Å². The molecule has 0 aliphatic rings. The van der Waals surface area contributed by atoms with Gasteiger partial charge in [0.15, 0.2) is 0 Å². The molecule has 0 radical (unpaired) electrons. The number of alkyl halides is 3. The van der Waals surface area contributed by atoms with Crippen LogP contribution in [0.25, 0.3) is 0 Å². The second-order valence-electron chi connectivity index (χ2n) is 4.57. The molecule has 7 heteroatoms. The van der Waals surface area contributed by atoms with Gasteiger partial charge in [0.25, 0.3) is 0 Å². The van der Waals surface area contributed by atoms with Gasteiger partial charge in [0.1, 0.15) is 0 Å². The van der Waals surface area contributed by atoms with E-state index in [1.54, 1.807) is 18.2 Å². The molecule has 0 aliphatic carbocycles. The lowest BCUT2D eigenvalue weighted by molar-refractivity contribution is -0.144. The number of hydrogen-bond donors (Lipinski definition) is 2. The van der Waals surface area contributed by atoms with Crippen molar-refractivity contribution in [2.24, 2.45) is 11.5 Å². The third-order valence-electron chi connectivity index (χ3n) is 3.11. The number of halogens is 3. The highest BCUT2D eigenvalue weighted by molar-refractivity contribution is 5.92. The number of primary amides is 2. The van der Waals surface area contributed by atoms with E-state index in [0.29, 0.717) is 0 Å². The number of benzene rings is 1. The van der Waals surface area contributed by atoms with Gasteiger partial charge in [-0.2, -0.15) is 13.2 Å². The zero-order valence-corrected chi connectivity index (χ0v) is 10.6. The van der Waals surface area contributed by atoms with Crippen molar-refractivity contribution in [1.29, 1.82) is 0 Å². The van der Waals surface area contributed by atoms with Crippen LogP contribution in [-0.4, -0.2) is 18.0 Å². The molecule has 0 fully saturated rings. The van der Waals surface area contributed by atoms with Crippen molar-refractivity contribution in [3.63, 3.8) is 0 Å². The fraction of sp³-hybridized carbons (Fsp3) is 0.385. The maximum Gasteiger partial charge on any atom is 0.389 e. The average molecular weight is 288 g/mol. The van der Waals surface area contributed by atoms with E-state index in [1.165, 1.54) is 12.1 Å². The van der Waals surface area contributed by atoms with E-state index in [2.05, 4.69) is 0 Å². The average Bonchev–Trinajstić information content (AvgIpc) is 2.33. The van der Waals surface area contributed by atoms with E-state index < -0.39 is 42.7 Å². The van der Waals surface area contributed by atoms with E-state index in [4.69, 9.17) is 11.5 Å². The molecule has 0 bridgehead atoms. The van der Waals surface area contributed by atoms with Gasteiger partial charge in [-0.05, 0) is 12.0 Å². The van der Waals surface area contributed by atoms with Crippen LogP contribution in [0.4, 0.5) is 13.2 Å². The van der Waals surface area contributed by atoms with Crippen LogP contribution >= 0.6 is 0 Å². The van der Waals surface area contributed by atoms with Gasteiger partial charge in [-0.25, -0.2) is 0 Å². The molecular formula is C13H15F3N2O2. The van der Waals surface area contributed by atoms with Gasteiger partial charge in [-0.3, -0.25) is 9.59 Å². The van der Waals surface area contributed by atoms with Crippen molar-refractivity contribution >= 4 is 11.8 Å². The Labute approximate surface area is 113 Å². The van der Waals surface area contributed by atoms with Gasteiger partial charge in [0, 0.05) is 12.8 Å². The number of carbonyl (C=O) groups excluding carboxylic acids is 2. The lowest BCUT2D eigenvalue weighted by atomic mass is 9.73. The lowest BCUT2D eigenvalue weighted by Crippen LogP contribution is -2.45. The fourth-order valence-corrected chi connectivity index (χ4v) is 2.10. The Balaban J connectivity index is 3.21. The maximum atomic E-state index is 12.4. The Hall–Kier alpha value is -2.05. The van der Waals surface area contributed by atoms with Gasteiger partial charge >= 0.3 is 6.18 Å². The molecule has 0 saturated carbocycles. The first-order valence-corrected chi connectivity index (χ1v) is 5.88. The summed E-state index contributed by atoms with van der Waals surface area (Å²) in [5.74, 6) is -1.87. The molecule has 4 N–H and O–H groups in total. The van der Waals surface area contributed by atoms with E-state index in [1.807, 2.05) is 0 Å². The molecule has 1 aromatic rings. The van der Waals surface area contributed by atoms with Crippen LogP contribution in [0.5, 0.6) is 0 Å². The van der Waals surface area contributed by atoms with E-state index in [9.17, 15) is 22.8 Å². The van der Waals surface area contributed by atoms with Crippen LogP contribution in [0.2, 0.25) is 0 Å². The first-order chi connectivity index (χ1) is 9.17. The van der Waals surface area contributed by atoms with Gasteiger partial charge in [-0.15, -0.1) is 0 Å². The maximum absolute atomic E-state index is 12.4. The molecule has 0 spiro atoms. The van der Waals surface area contributed by atoms with Crippen LogP contribution in [0.1, 0.15) is 24.8 Å². The van der Waals surface area contributed by atoms with Gasteiger partial charge in [0.2, 0.25) is 11.8 Å². The Morgan fingerprint density at radius 1 is 1.00 bits per heavy atom. The largest absolute Gasteiger partial charge is 0.389 e. The molecule has 110 valence electrons. The summed E-state index contributed by atoms with van der Waals surface area (Å²) in [7, 11) is 0. The van der Waals surface area contributed by atoms with Gasteiger partial charge in [0.05, 0.1) is 5.41 Å². The Bertz CT molecular complexity index is 488. The second-order valence-corrected chi connectivity index (χ2v) is 4.57. The molecule has 0 heterocycles. The molecule has 1 aromatic carbocycles. The molecule has 2 amide bonds. The van der Waals surface area contributed by atoms with Crippen molar-refractivity contribution in [2.45, 2.75) is 30.9 Å². The second kappa shape index (κ2) is 5.94. The topological polar surface area (TPSA) is 86.2 Å². The van der Waals surface area contributed by atoms with E-state index in [0.717, 1.165) is 0 Å². The minimum atomic E-state index is -4.45. The normalized spacial score (nSPS) is 14.6. The molecule has 1 rings (SSSR count). The minimum Gasteiger partial charge on any atom is -0.370 e. The number of amides is 2. The predicted molar refractivity (Wildman–Crippen MR) is 66.4 cm³/mol. The van der Waals surface area contributed by atoms with Crippen molar-refractivity contribution in [3.05, 3.63) is 35.9 Å². The van der Waals surface area contributed by atoms with Crippen LogP contribution in [0.3, 0.4) is 0 Å². The lowest BCUT2D eigenvalue weighted by Gasteiger charge is -2.30. The first kappa shape index (κ1) is 16.0. The van der Waals surface area contributed by atoms with Crippen LogP contribution in [0.15, 0.2) is 30.3 Å². The highest BCUT2D eigenvalue weighted by Gasteiger charge is 2.43. The predicted octanol–water partition coefficient (Wildman–Crippen LogP) is 1.63. The quantitative estimate of drug-likeness (QED) is 0.833. The molecule has 1 unspecified atom stereocenters. The summed E-state index contributed by atoms with van der Waals surface area (Å²) in [5.41, 5.74) is 8.86. The molecule has 0 aromatic heterocycles. The van der Waals surface area contributed by atoms with Gasteiger partial charge in [-0.1, -0.05) is 30.3 Å². The summed E-state index contributed by atoms with van der Waals surface area (Å²) in [4.78, 5) is 22.9. The smallest absolute Gasteiger partial charge is 0.370 e. The summed E-state index contributed by atoms with van der Waals surface area (Å²) in [6.07, 6.45) is -6.84. The Morgan fingerprint density at radius 3 is 1.95 bits per heavy atom. The summed E-state index contributed by atoms with van der Waals surface area (Å²) in [6.45, 7) is 0. The molecule has 0 saturated heterocycles. The third kappa shape index (κ3) is 3.97. The molecular weight excluding hydrogens is 273 g/mol. The van der Waals surface area contributed by atoms with Crippen molar-refractivity contribution in [3.8, 4) is 0 Å². The van der Waals surface area contributed by atoms with Crippen molar-refractivity contribution in [2.75, 3.05) is 0 Å². The monoisotopic (exact) mass is 288 g/mol. The van der Waals surface area contributed by atoms with Crippen molar-refractivity contribution < 1.29 is 22.8 Å².